The van der Waals surface area contributed by atoms with Crippen LogP contribution in [-0.4, -0.2) is 23.4 Å². The molecule has 24 heavy (non-hydrogen) atoms. The fourth-order valence-corrected chi connectivity index (χ4v) is 2.64. The molecule has 0 fully saturated rings. The standard InChI is InChI=1S/C20H17NO3/c1-21-17(12-13-18(21)20(23)24-2)19(22)16-10-8-15(9-11-16)14-6-4-3-5-7-14/h3-13H,1-2H3. The van der Waals surface area contributed by atoms with E-state index in [2.05, 4.69) is 0 Å². The maximum absolute atomic E-state index is 12.7. The molecular weight excluding hydrogens is 302 g/mol. The largest absolute Gasteiger partial charge is 0.464 e. The molecule has 0 saturated heterocycles. The molecule has 4 nitrogen and oxygen atoms in total. The average molecular weight is 319 g/mol. The van der Waals surface area contributed by atoms with Gasteiger partial charge in [-0.3, -0.25) is 4.79 Å². The summed E-state index contributed by atoms with van der Waals surface area (Å²) in [5.74, 6) is -0.594. The molecule has 0 amide bonds. The second-order valence-electron chi connectivity index (χ2n) is 5.43. The van der Waals surface area contributed by atoms with Crippen molar-refractivity contribution in [2.75, 3.05) is 7.11 Å². The van der Waals surface area contributed by atoms with Crippen molar-refractivity contribution in [3.05, 3.63) is 83.7 Å². The zero-order chi connectivity index (χ0) is 17.1. The highest BCUT2D eigenvalue weighted by Crippen LogP contribution is 2.21. The highest BCUT2D eigenvalue weighted by Gasteiger charge is 2.18. The van der Waals surface area contributed by atoms with Crippen LogP contribution < -0.4 is 0 Å². The molecule has 0 aliphatic heterocycles. The summed E-state index contributed by atoms with van der Waals surface area (Å²) in [7, 11) is 3.00. The van der Waals surface area contributed by atoms with Gasteiger partial charge in [0.1, 0.15) is 5.69 Å². The molecule has 3 rings (SSSR count). The van der Waals surface area contributed by atoms with Crippen molar-refractivity contribution in [2.45, 2.75) is 0 Å². The van der Waals surface area contributed by atoms with Crippen LogP contribution in [0.25, 0.3) is 11.1 Å². The minimum Gasteiger partial charge on any atom is -0.464 e. The number of benzene rings is 2. The molecule has 0 radical (unpaired) electrons. The number of carbonyl (C=O) groups excluding carboxylic acids is 2. The molecule has 1 heterocycles. The fourth-order valence-electron chi connectivity index (χ4n) is 2.64. The Morgan fingerprint density at radius 2 is 1.38 bits per heavy atom. The predicted octanol–water partition coefficient (Wildman–Crippen LogP) is 3.71. The van der Waals surface area contributed by atoms with Gasteiger partial charge in [0, 0.05) is 12.6 Å². The van der Waals surface area contributed by atoms with Crippen molar-refractivity contribution < 1.29 is 14.3 Å². The van der Waals surface area contributed by atoms with Crippen molar-refractivity contribution in [2.24, 2.45) is 7.05 Å². The van der Waals surface area contributed by atoms with Crippen LogP contribution >= 0.6 is 0 Å². The van der Waals surface area contributed by atoms with E-state index in [1.54, 1.807) is 35.9 Å². The Morgan fingerprint density at radius 3 is 2.00 bits per heavy atom. The second-order valence-corrected chi connectivity index (χ2v) is 5.43. The minimum absolute atomic E-state index is 0.132. The lowest BCUT2D eigenvalue weighted by atomic mass is 10.0. The van der Waals surface area contributed by atoms with Gasteiger partial charge in [0.2, 0.25) is 5.78 Å². The fraction of sp³-hybridized carbons (Fsp3) is 0.100. The van der Waals surface area contributed by atoms with E-state index in [4.69, 9.17) is 4.74 Å². The van der Waals surface area contributed by atoms with Gasteiger partial charge in [-0.05, 0) is 23.3 Å². The first kappa shape index (κ1) is 15.7. The Balaban J connectivity index is 1.89. The molecule has 1 aromatic heterocycles. The molecule has 0 unspecified atom stereocenters. The molecule has 3 aromatic rings. The molecule has 2 aromatic carbocycles. The number of hydrogen-bond acceptors (Lipinski definition) is 3. The zero-order valence-corrected chi connectivity index (χ0v) is 13.5. The maximum Gasteiger partial charge on any atom is 0.354 e. The Hall–Kier alpha value is -3.14. The molecule has 0 saturated carbocycles. The molecule has 0 bridgehead atoms. The van der Waals surface area contributed by atoms with E-state index in [0.717, 1.165) is 11.1 Å². The molecule has 0 N–H and O–H groups in total. The average Bonchev–Trinajstić information content (AvgIpc) is 3.03. The van der Waals surface area contributed by atoms with Crippen LogP contribution in [0.3, 0.4) is 0 Å². The van der Waals surface area contributed by atoms with Gasteiger partial charge in [-0.2, -0.15) is 0 Å². The van der Waals surface area contributed by atoms with Crippen LogP contribution in [0.5, 0.6) is 0 Å². The van der Waals surface area contributed by atoms with E-state index >= 15 is 0 Å². The maximum atomic E-state index is 12.7. The normalized spacial score (nSPS) is 10.4. The smallest absolute Gasteiger partial charge is 0.354 e. The Bertz CT molecular complexity index is 877. The van der Waals surface area contributed by atoms with Crippen LogP contribution in [-0.2, 0) is 11.8 Å². The summed E-state index contributed by atoms with van der Waals surface area (Å²) in [6.45, 7) is 0. The quantitative estimate of drug-likeness (QED) is 0.544. The van der Waals surface area contributed by atoms with Crippen molar-refractivity contribution in [3.63, 3.8) is 0 Å². The van der Waals surface area contributed by atoms with Gasteiger partial charge in [0.05, 0.1) is 12.8 Å². The van der Waals surface area contributed by atoms with Crippen LogP contribution in [0.4, 0.5) is 0 Å². The van der Waals surface area contributed by atoms with E-state index in [1.165, 1.54) is 7.11 Å². The molecule has 4 heteroatoms. The molecular formula is C20H17NO3. The topological polar surface area (TPSA) is 48.3 Å². The summed E-state index contributed by atoms with van der Waals surface area (Å²) in [6, 6.07) is 20.7. The SMILES string of the molecule is COC(=O)c1ccc(C(=O)c2ccc(-c3ccccc3)cc2)n1C. The Morgan fingerprint density at radius 1 is 0.792 bits per heavy atom. The number of aromatic nitrogens is 1. The van der Waals surface area contributed by atoms with Gasteiger partial charge >= 0.3 is 5.97 Å². The first-order valence-electron chi connectivity index (χ1n) is 7.56. The van der Waals surface area contributed by atoms with Crippen molar-refractivity contribution in [3.8, 4) is 11.1 Å². The summed E-state index contributed by atoms with van der Waals surface area (Å²) in [4.78, 5) is 24.3. The first-order chi connectivity index (χ1) is 11.6. The van der Waals surface area contributed by atoms with Crippen LogP contribution in [0.1, 0.15) is 26.5 Å². The predicted molar refractivity (Wildman–Crippen MR) is 92.1 cm³/mol. The van der Waals surface area contributed by atoms with Gasteiger partial charge in [-0.15, -0.1) is 0 Å². The lowest BCUT2D eigenvalue weighted by Crippen LogP contribution is -2.13. The van der Waals surface area contributed by atoms with Crippen LogP contribution in [0.2, 0.25) is 0 Å². The monoisotopic (exact) mass is 319 g/mol. The van der Waals surface area contributed by atoms with E-state index in [-0.39, 0.29) is 5.78 Å². The Kier molecular flexibility index (Phi) is 4.29. The number of rotatable bonds is 4. The number of methoxy groups -OCH3 is 1. The molecule has 0 atom stereocenters. The third-order valence-corrected chi connectivity index (χ3v) is 4.00. The Labute approximate surface area is 140 Å². The van der Waals surface area contributed by atoms with Crippen molar-refractivity contribution in [1.29, 1.82) is 0 Å². The van der Waals surface area contributed by atoms with Gasteiger partial charge in [-0.1, -0.05) is 54.6 Å². The lowest BCUT2D eigenvalue weighted by Gasteiger charge is -2.07. The van der Waals surface area contributed by atoms with Crippen LogP contribution in [0, 0.1) is 0 Å². The number of carbonyl (C=O) groups is 2. The minimum atomic E-state index is -0.462. The van der Waals surface area contributed by atoms with Crippen molar-refractivity contribution in [1.82, 2.24) is 4.57 Å². The zero-order valence-electron chi connectivity index (χ0n) is 13.5. The number of esters is 1. The molecule has 0 aliphatic rings. The number of nitrogens with zero attached hydrogens (tertiary/aromatic N) is 1. The first-order valence-corrected chi connectivity index (χ1v) is 7.56. The summed E-state index contributed by atoms with van der Waals surface area (Å²) in [6.07, 6.45) is 0. The summed E-state index contributed by atoms with van der Waals surface area (Å²) < 4.78 is 6.26. The van der Waals surface area contributed by atoms with E-state index in [1.807, 2.05) is 42.5 Å². The third kappa shape index (κ3) is 2.86. The van der Waals surface area contributed by atoms with E-state index in [0.29, 0.717) is 17.0 Å². The van der Waals surface area contributed by atoms with Gasteiger partial charge in [-0.25, -0.2) is 4.79 Å². The number of ketones is 1. The lowest BCUT2D eigenvalue weighted by molar-refractivity contribution is 0.0590. The second kappa shape index (κ2) is 6.54. The van der Waals surface area contributed by atoms with Gasteiger partial charge in [0.25, 0.3) is 0 Å². The highest BCUT2D eigenvalue weighted by atomic mass is 16.5. The van der Waals surface area contributed by atoms with Gasteiger partial charge in [0.15, 0.2) is 0 Å². The summed E-state index contributed by atoms with van der Waals surface area (Å²) in [5.41, 5.74) is 3.52. The van der Waals surface area contributed by atoms with Gasteiger partial charge < -0.3 is 9.30 Å². The molecule has 0 spiro atoms. The number of ether oxygens (including phenoxy) is 1. The summed E-state index contributed by atoms with van der Waals surface area (Å²) in [5, 5.41) is 0. The van der Waals surface area contributed by atoms with Crippen LogP contribution in [0.15, 0.2) is 66.7 Å². The molecule has 120 valence electrons. The number of hydrogen-bond donors (Lipinski definition) is 0. The van der Waals surface area contributed by atoms with E-state index < -0.39 is 5.97 Å². The highest BCUT2D eigenvalue weighted by molar-refractivity contribution is 6.09. The summed E-state index contributed by atoms with van der Waals surface area (Å²) >= 11 is 0. The molecule has 0 aliphatic carbocycles. The third-order valence-electron chi connectivity index (χ3n) is 4.00. The van der Waals surface area contributed by atoms with Crippen molar-refractivity contribution >= 4 is 11.8 Å². The van der Waals surface area contributed by atoms with E-state index in [9.17, 15) is 9.59 Å².